The molecule has 0 aromatic carbocycles. The van der Waals surface area contributed by atoms with Crippen LogP contribution in [-0.4, -0.2) is 0 Å². The lowest BCUT2D eigenvalue weighted by atomic mass is 9.86. The molecule has 0 aliphatic rings. The Morgan fingerprint density at radius 2 is 1.56 bits per heavy atom. The van der Waals surface area contributed by atoms with Crippen LogP contribution in [0.25, 0.3) is 0 Å². The highest BCUT2D eigenvalue weighted by Gasteiger charge is 2.11. The maximum Gasteiger partial charge on any atom is -0.0258 e. The van der Waals surface area contributed by atoms with Gasteiger partial charge in [0, 0.05) is 0 Å². The van der Waals surface area contributed by atoms with E-state index in [1.165, 1.54) is 38.5 Å². The van der Waals surface area contributed by atoms with Crippen molar-refractivity contribution in [1.29, 1.82) is 0 Å². The summed E-state index contributed by atoms with van der Waals surface area (Å²) in [6.45, 7) is 16.4. The van der Waals surface area contributed by atoms with Crippen LogP contribution in [0, 0.1) is 17.8 Å². The lowest BCUT2D eigenvalue weighted by Gasteiger charge is -2.20. The van der Waals surface area contributed by atoms with Crippen LogP contribution >= 0.6 is 0 Å². The molecule has 0 fully saturated rings. The molecule has 108 valence electrons. The van der Waals surface area contributed by atoms with E-state index < -0.39 is 0 Å². The number of rotatable bonds is 9. The summed E-state index contributed by atoms with van der Waals surface area (Å²) in [5.74, 6) is 2.49. The van der Waals surface area contributed by atoms with Gasteiger partial charge in [-0.2, -0.15) is 0 Å². The smallest absolute Gasteiger partial charge is 0.0258 e. The van der Waals surface area contributed by atoms with Crippen molar-refractivity contribution in [2.75, 3.05) is 0 Å². The van der Waals surface area contributed by atoms with E-state index in [1.807, 2.05) is 0 Å². The zero-order valence-corrected chi connectivity index (χ0v) is 14.0. The number of hydrogen-bond donors (Lipinski definition) is 0. The van der Waals surface area contributed by atoms with Crippen LogP contribution in [0.1, 0.15) is 87.0 Å². The molecule has 0 saturated carbocycles. The second kappa shape index (κ2) is 9.64. The third-order valence-corrected chi connectivity index (χ3v) is 4.19. The molecule has 1 atom stereocenters. The van der Waals surface area contributed by atoms with Crippen LogP contribution in [0.4, 0.5) is 0 Å². The Labute approximate surface area is 116 Å². The fourth-order valence-corrected chi connectivity index (χ4v) is 3.03. The molecule has 0 saturated heterocycles. The largest absolute Gasteiger partial charge is 0.0736 e. The highest BCUT2D eigenvalue weighted by molar-refractivity contribution is 5.14. The Morgan fingerprint density at radius 1 is 0.944 bits per heavy atom. The highest BCUT2D eigenvalue weighted by atomic mass is 14.2. The SMILES string of the molecule is CCC(=C(C)CC(CC)CCCC(C)C)C(C)C. The number of hydrogen-bond acceptors (Lipinski definition) is 0. The summed E-state index contributed by atoms with van der Waals surface area (Å²) in [4.78, 5) is 0. The maximum atomic E-state index is 2.37. The predicted octanol–water partition coefficient (Wildman–Crippen LogP) is 6.61. The minimum Gasteiger partial charge on any atom is -0.0736 e. The fourth-order valence-electron chi connectivity index (χ4n) is 3.03. The molecular formula is C18H36. The van der Waals surface area contributed by atoms with Crippen molar-refractivity contribution in [2.24, 2.45) is 17.8 Å². The van der Waals surface area contributed by atoms with Crippen molar-refractivity contribution in [3.63, 3.8) is 0 Å². The van der Waals surface area contributed by atoms with E-state index in [0.29, 0.717) is 0 Å². The molecule has 0 amide bonds. The zero-order chi connectivity index (χ0) is 14.1. The second-order valence-electron chi connectivity index (χ2n) is 6.62. The maximum absolute atomic E-state index is 2.37. The molecular weight excluding hydrogens is 216 g/mol. The van der Waals surface area contributed by atoms with Crippen LogP contribution in [-0.2, 0) is 0 Å². The molecule has 0 N–H and O–H groups in total. The van der Waals surface area contributed by atoms with Gasteiger partial charge in [-0.3, -0.25) is 0 Å². The Bertz CT molecular complexity index is 232. The van der Waals surface area contributed by atoms with Gasteiger partial charge >= 0.3 is 0 Å². The van der Waals surface area contributed by atoms with E-state index in [1.54, 1.807) is 11.1 Å². The number of allylic oxidation sites excluding steroid dienone is 2. The summed E-state index contributed by atoms with van der Waals surface area (Å²) in [6, 6.07) is 0. The first-order valence-corrected chi connectivity index (χ1v) is 8.10. The van der Waals surface area contributed by atoms with E-state index in [2.05, 4.69) is 48.5 Å². The molecule has 0 bridgehead atoms. The van der Waals surface area contributed by atoms with Crippen LogP contribution < -0.4 is 0 Å². The lowest BCUT2D eigenvalue weighted by Crippen LogP contribution is -2.04. The summed E-state index contributed by atoms with van der Waals surface area (Å²) >= 11 is 0. The van der Waals surface area contributed by atoms with Crippen LogP contribution in [0.15, 0.2) is 11.1 Å². The van der Waals surface area contributed by atoms with Gasteiger partial charge in [-0.05, 0) is 37.5 Å². The van der Waals surface area contributed by atoms with Gasteiger partial charge in [-0.15, -0.1) is 0 Å². The summed E-state index contributed by atoms with van der Waals surface area (Å²) < 4.78 is 0. The predicted molar refractivity (Wildman–Crippen MR) is 84.9 cm³/mol. The Morgan fingerprint density at radius 3 is 1.94 bits per heavy atom. The molecule has 1 unspecified atom stereocenters. The summed E-state index contributed by atoms with van der Waals surface area (Å²) in [7, 11) is 0. The average molecular weight is 252 g/mol. The van der Waals surface area contributed by atoms with Gasteiger partial charge in [0.05, 0.1) is 0 Å². The molecule has 0 nitrogen and oxygen atoms in total. The summed E-state index contributed by atoms with van der Waals surface area (Å²) in [5.41, 5.74) is 3.36. The first kappa shape index (κ1) is 17.7. The summed E-state index contributed by atoms with van der Waals surface area (Å²) in [6.07, 6.45) is 8.12. The molecule has 0 spiro atoms. The minimum absolute atomic E-state index is 0.725. The molecule has 0 heterocycles. The van der Waals surface area contributed by atoms with Crippen molar-refractivity contribution >= 4 is 0 Å². The molecule has 0 aromatic heterocycles. The Kier molecular flexibility index (Phi) is 9.50. The zero-order valence-electron chi connectivity index (χ0n) is 14.0. The van der Waals surface area contributed by atoms with Crippen molar-refractivity contribution in [3.8, 4) is 0 Å². The van der Waals surface area contributed by atoms with Crippen LogP contribution in [0.3, 0.4) is 0 Å². The quantitative estimate of drug-likeness (QED) is 0.405. The third kappa shape index (κ3) is 7.24. The first-order valence-electron chi connectivity index (χ1n) is 8.10. The average Bonchev–Trinajstić information content (AvgIpc) is 2.27. The topological polar surface area (TPSA) is 0 Å². The molecule has 0 aliphatic heterocycles. The molecule has 0 heteroatoms. The third-order valence-electron chi connectivity index (χ3n) is 4.19. The van der Waals surface area contributed by atoms with E-state index in [0.717, 1.165) is 17.8 Å². The van der Waals surface area contributed by atoms with Gasteiger partial charge in [-0.25, -0.2) is 0 Å². The van der Waals surface area contributed by atoms with Crippen molar-refractivity contribution in [1.82, 2.24) is 0 Å². The van der Waals surface area contributed by atoms with Gasteiger partial charge < -0.3 is 0 Å². The highest BCUT2D eigenvalue weighted by Crippen LogP contribution is 2.27. The van der Waals surface area contributed by atoms with Gasteiger partial charge in [0.1, 0.15) is 0 Å². The van der Waals surface area contributed by atoms with E-state index in [9.17, 15) is 0 Å². The van der Waals surface area contributed by atoms with Crippen LogP contribution in [0.2, 0.25) is 0 Å². The Hall–Kier alpha value is -0.260. The van der Waals surface area contributed by atoms with Crippen LogP contribution in [0.5, 0.6) is 0 Å². The van der Waals surface area contributed by atoms with Crippen molar-refractivity contribution in [3.05, 3.63) is 11.1 Å². The second-order valence-corrected chi connectivity index (χ2v) is 6.62. The summed E-state index contributed by atoms with van der Waals surface area (Å²) in [5, 5.41) is 0. The normalized spacial score (nSPS) is 15.2. The molecule has 0 aliphatic carbocycles. The van der Waals surface area contributed by atoms with E-state index in [4.69, 9.17) is 0 Å². The van der Waals surface area contributed by atoms with Gasteiger partial charge in [0.15, 0.2) is 0 Å². The van der Waals surface area contributed by atoms with Gasteiger partial charge in [-0.1, -0.05) is 78.4 Å². The fraction of sp³-hybridized carbons (Fsp3) is 0.889. The van der Waals surface area contributed by atoms with E-state index in [-0.39, 0.29) is 0 Å². The Balaban J connectivity index is 4.34. The van der Waals surface area contributed by atoms with Crippen molar-refractivity contribution in [2.45, 2.75) is 87.0 Å². The van der Waals surface area contributed by atoms with E-state index >= 15 is 0 Å². The standard InChI is InChI=1S/C18H36/c1-8-17(12-10-11-14(3)4)13-16(7)18(9-2)15(5)6/h14-15,17H,8-13H2,1-7H3. The van der Waals surface area contributed by atoms with Gasteiger partial charge in [0.2, 0.25) is 0 Å². The molecule has 0 rings (SSSR count). The minimum atomic E-state index is 0.725. The molecule has 0 radical (unpaired) electrons. The van der Waals surface area contributed by atoms with Gasteiger partial charge in [0.25, 0.3) is 0 Å². The lowest BCUT2D eigenvalue weighted by molar-refractivity contribution is 0.416. The molecule has 0 aromatic rings. The molecule has 18 heavy (non-hydrogen) atoms. The monoisotopic (exact) mass is 252 g/mol. The first-order chi connectivity index (χ1) is 8.42. The van der Waals surface area contributed by atoms with Crippen molar-refractivity contribution < 1.29 is 0 Å².